The van der Waals surface area contributed by atoms with Crippen LogP contribution in [0, 0.1) is 10.1 Å². The molecule has 0 spiro atoms. The number of benzene rings is 2. The minimum Gasteiger partial charge on any atom is -0.302 e. The lowest BCUT2D eigenvalue weighted by Gasteiger charge is -2.04. The van der Waals surface area contributed by atoms with Crippen molar-refractivity contribution in [2.75, 3.05) is 11.1 Å². The molecule has 1 amide bonds. The van der Waals surface area contributed by atoms with Crippen molar-refractivity contribution < 1.29 is 9.72 Å². The van der Waals surface area contributed by atoms with Gasteiger partial charge in [0.25, 0.3) is 5.69 Å². The van der Waals surface area contributed by atoms with Gasteiger partial charge in [0, 0.05) is 28.0 Å². The van der Waals surface area contributed by atoms with Gasteiger partial charge in [-0.05, 0) is 35.6 Å². The highest BCUT2D eigenvalue weighted by Crippen LogP contribution is 2.26. The number of nitro benzene ring substituents is 1. The molecule has 1 heterocycles. The molecule has 0 aliphatic heterocycles. The van der Waals surface area contributed by atoms with Crippen LogP contribution in [0.2, 0.25) is 0 Å². The first-order chi connectivity index (χ1) is 13.0. The van der Waals surface area contributed by atoms with E-state index in [0.29, 0.717) is 10.8 Å². The van der Waals surface area contributed by atoms with Crippen LogP contribution in [0.4, 0.5) is 10.8 Å². The van der Waals surface area contributed by atoms with E-state index in [4.69, 9.17) is 0 Å². The Kier molecular flexibility index (Phi) is 6.20. The lowest BCUT2D eigenvalue weighted by molar-refractivity contribution is -0.384. The van der Waals surface area contributed by atoms with E-state index >= 15 is 0 Å². The fourth-order valence-electron chi connectivity index (χ4n) is 2.44. The lowest BCUT2D eigenvalue weighted by atomic mass is 10.1. The summed E-state index contributed by atoms with van der Waals surface area (Å²) in [6, 6.07) is 14.1. The average Bonchev–Trinajstić information content (AvgIpc) is 3.12. The number of nitro groups is 1. The highest BCUT2D eigenvalue weighted by Gasteiger charge is 2.10. The van der Waals surface area contributed by atoms with E-state index in [0.717, 1.165) is 16.9 Å². The first-order valence-corrected chi connectivity index (χ1v) is 10.1. The van der Waals surface area contributed by atoms with Crippen molar-refractivity contribution in [3.05, 3.63) is 69.6 Å². The number of anilines is 1. The molecule has 138 valence electrons. The molecule has 6 nitrogen and oxygen atoms in total. The number of non-ortho nitro benzene ring substituents is 1. The quantitative estimate of drug-likeness (QED) is 0.343. The van der Waals surface area contributed by atoms with Crippen LogP contribution < -0.4 is 5.32 Å². The third kappa shape index (κ3) is 5.15. The predicted octanol–water partition coefficient (Wildman–Crippen LogP) is 5.01. The number of aromatic nitrogens is 1. The van der Waals surface area contributed by atoms with Gasteiger partial charge in [-0.15, -0.1) is 23.1 Å². The molecule has 0 saturated heterocycles. The molecule has 0 atom stereocenters. The van der Waals surface area contributed by atoms with Crippen LogP contribution in [-0.4, -0.2) is 21.6 Å². The van der Waals surface area contributed by atoms with Gasteiger partial charge in [-0.2, -0.15) is 0 Å². The van der Waals surface area contributed by atoms with Crippen LogP contribution in [-0.2, 0) is 11.2 Å². The molecule has 3 rings (SSSR count). The van der Waals surface area contributed by atoms with Crippen molar-refractivity contribution in [2.24, 2.45) is 0 Å². The first-order valence-electron chi connectivity index (χ1n) is 8.27. The second kappa shape index (κ2) is 8.79. The maximum Gasteiger partial charge on any atom is 0.269 e. The number of hydrogen-bond donors (Lipinski definition) is 1. The minimum absolute atomic E-state index is 0.0332. The van der Waals surface area contributed by atoms with E-state index < -0.39 is 4.92 Å². The summed E-state index contributed by atoms with van der Waals surface area (Å²) < 4.78 is 0. The summed E-state index contributed by atoms with van der Waals surface area (Å²) in [5, 5.41) is 15.8. The van der Waals surface area contributed by atoms with E-state index in [1.54, 1.807) is 23.9 Å². The van der Waals surface area contributed by atoms with Gasteiger partial charge in [-0.25, -0.2) is 4.98 Å². The number of carbonyl (C=O) groups excluding carboxylic acids is 1. The third-order valence-electron chi connectivity index (χ3n) is 3.72. The maximum absolute atomic E-state index is 12.2. The van der Waals surface area contributed by atoms with Crippen molar-refractivity contribution >= 4 is 39.8 Å². The van der Waals surface area contributed by atoms with Crippen molar-refractivity contribution in [1.29, 1.82) is 0 Å². The van der Waals surface area contributed by atoms with Crippen molar-refractivity contribution in [2.45, 2.75) is 18.2 Å². The maximum atomic E-state index is 12.2. The van der Waals surface area contributed by atoms with Gasteiger partial charge in [0.15, 0.2) is 5.13 Å². The van der Waals surface area contributed by atoms with E-state index in [-0.39, 0.29) is 18.0 Å². The van der Waals surface area contributed by atoms with E-state index in [2.05, 4.69) is 17.2 Å². The largest absolute Gasteiger partial charge is 0.302 e. The number of hydrogen-bond acceptors (Lipinski definition) is 6. The standard InChI is InChI=1S/C19H17N3O3S2/c1-2-26-16-9-3-13(4-10-16)11-18(23)21-19-20-17(12-27-19)14-5-7-15(8-6-14)22(24)25/h3-10,12H,2,11H2,1H3,(H,20,21,23). The molecular formula is C19H17N3O3S2. The van der Waals surface area contributed by atoms with Crippen LogP contribution in [0.5, 0.6) is 0 Å². The Morgan fingerprint density at radius 1 is 1.19 bits per heavy atom. The molecule has 0 unspecified atom stereocenters. The number of amides is 1. The molecule has 3 aromatic rings. The minimum atomic E-state index is -0.441. The van der Waals surface area contributed by atoms with Crippen LogP contribution >= 0.6 is 23.1 Å². The topological polar surface area (TPSA) is 85.1 Å². The number of thiazole rings is 1. The Morgan fingerprint density at radius 2 is 1.89 bits per heavy atom. The molecule has 1 aromatic heterocycles. The normalized spacial score (nSPS) is 10.6. The summed E-state index contributed by atoms with van der Waals surface area (Å²) >= 11 is 3.08. The Bertz CT molecular complexity index is 938. The average molecular weight is 399 g/mol. The summed E-state index contributed by atoms with van der Waals surface area (Å²) in [5.74, 6) is 0.886. The van der Waals surface area contributed by atoms with Gasteiger partial charge in [0.2, 0.25) is 5.91 Å². The van der Waals surface area contributed by atoms with Gasteiger partial charge >= 0.3 is 0 Å². The van der Waals surface area contributed by atoms with Crippen molar-refractivity contribution in [3.8, 4) is 11.3 Å². The fraction of sp³-hybridized carbons (Fsp3) is 0.158. The monoisotopic (exact) mass is 399 g/mol. The number of rotatable bonds is 7. The Balaban J connectivity index is 1.61. The summed E-state index contributed by atoms with van der Waals surface area (Å²) in [5.41, 5.74) is 2.42. The molecule has 8 heteroatoms. The smallest absolute Gasteiger partial charge is 0.269 e. The summed E-state index contributed by atoms with van der Waals surface area (Å²) in [7, 11) is 0. The van der Waals surface area contributed by atoms with Crippen LogP contribution in [0.15, 0.2) is 58.8 Å². The second-order valence-corrected chi connectivity index (χ2v) is 7.84. The number of thioether (sulfide) groups is 1. The van der Waals surface area contributed by atoms with Gasteiger partial charge in [-0.1, -0.05) is 19.1 Å². The van der Waals surface area contributed by atoms with E-state index in [1.807, 2.05) is 29.6 Å². The van der Waals surface area contributed by atoms with Crippen molar-refractivity contribution in [1.82, 2.24) is 4.98 Å². The highest BCUT2D eigenvalue weighted by molar-refractivity contribution is 7.99. The lowest BCUT2D eigenvalue weighted by Crippen LogP contribution is -2.14. The number of nitrogens with one attached hydrogen (secondary N) is 1. The van der Waals surface area contributed by atoms with Gasteiger partial charge in [-0.3, -0.25) is 14.9 Å². The van der Waals surface area contributed by atoms with E-state index in [1.165, 1.54) is 28.4 Å². The molecule has 0 aliphatic carbocycles. The Labute approximate surface area is 164 Å². The molecule has 0 saturated carbocycles. The van der Waals surface area contributed by atoms with Gasteiger partial charge < -0.3 is 5.32 Å². The zero-order valence-corrected chi connectivity index (χ0v) is 16.2. The molecule has 2 aromatic carbocycles. The zero-order valence-electron chi connectivity index (χ0n) is 14.5. The van der Waals surface area contributed by atoms with Gasteiger partial charge in [0.05, 0.1) is 17.0 Å². The number of nitrogens with zero attached hydrogens (tertiary/aromatic N) is 2. The summed E-state index contributed by atoms with van der Waals surface area (Å²) in [6.45, 7) is 2.10. The fourth-order valence-corrected chi connectivity index (χ4v) is 3.83. The zero-order chi connectivity index (χ0) is 19.2. The predicted molar refractivity (Wildman–Crippen MR) is 109 cm³/mol. The molecule has 0 fully saturated rings. The van der Waals surface area contributed by atoms with Crippen molar-refractivity contribution in [3.63, 3.8) is 0 Å². The van der Waals surface area contributed by atoms with Crippen LogP contribution in [0.1, 0.15) is 12.5 Å². The molecule has 0 aliphatic rings. The Morgan fingerprint density at radius 3 is 2.52 bits per heavy atom. The summed E-state index contributed by atoms with van der Waals surface area (Å²) in [6.07, 6.45) is 0.281. The van der Waals surface area contributed by atoms with Gasteiger partial charge in [0.1, 0.15) is 0 Å². The molecule has 1 N–H and O–H groups in total. The summed E-state index contributed by atoms with van der Waals surface area (Å²) in [4.78, 5) is 28.1. The highest BCUT2D eigenvalue weighted by atomic mass is 32.2. The van der Waals surface area contributed by atoms with E-state index in [9.17, 15) is 14.9 Å². The second-order valence-electron chi connectivity index (χ2n) is 5.64. The molecule has 27 heavy (non-hydrogen) atoms. The molecular weight excluding hydrogens is 382 g/mol. The SMILES string of the molecule is CCSc1ccc(CC(=O)Nc2nc(-c3ccc([N+](=O)[O-])cc3)cs2)cc1. The molecule has 0 radical (unpaired) electrons. The third-order valence-corrected chi connectivity index (χ3v) is 5.38. The molecule has 0 bridgehead atoms. The van der Waals surface area contributed by atoms with Crippen LogP contribution in [0.3, 0.4) is 0 Å². The number of carbonyl (C=O) groups is 1. The first kappa shape index (κ1) is 19.1. The van der Waals surface area contributed by atoms with Crippen LogP contribution in [0.25, 0.3) is 11.3 Å². The Hall–Kier alpha value is -2.71.